The molecule has 0 spiro atoms. The first kappa shape index (κ1) is 14.8. The molecule has 1 N–H and O–H groups in total. The minimum atomic E-state index is 0.128. The van der Waals surface area contributed by atoms with Gasteiger partial charge in [0.05, 0.1) is 6.04 Å². The third kappa shape index (κ3) is 3.68. The summed E-state index contributed by atoms with van der Waals surface area (Å²) >= 11 is 8.48. The zero-order chi connectivity index (χ0) is 13.8. The van der Waals surface area contributed by atoms with E-state index in [0.29, 0.717) is 0 Å². The predicted molar refractivity (Wildman–Crippen MR) is 88.7 cm³/mol. The van der Waals surface area contributed by atoms with Crippen molar-refractivity contribution in [2.45, 2.75) is 19.9 Å². The lowest BCUT2D eigenvalue weighted by molar-refractivity contribution is 0.626. The fourth-order valence-corrected chi connectivity index (χ4v) is 2.91. The van der Waals surface area contributed by atoms with Crippen molar-refractivity contribution >= 4 is 34.2 Å². The normalized spacial score (nSPS) is 12.4. The molecule has 0 bridgehead atoms. The summed E-state index contributed by atoms with van der Waals surface area (Å²) in [6, 6.07) is 8.29. The number of pyridine rings is 1. The van der Waals surface area contributed by atoms with Gasteiger partial charge in [0, 0.05) is 21.0 Å². The van der Waals surface area contributed by atoms with E-state index in [9.17, 15) is 0 Å². The first-order chi connectivity index (χ1) is 9.11. The Bertz CT molecular complexity index is 572. The number of halogens is 2. The zero-order valence-corrected chi connectivity index (χ0v) is 13.9. The fraction of sp³-hybridized carbons (Fsp3) is 0.267. The molecule has 0 aliphatic rings. The van der Waals surface area contributed by atoms with Gasteiger partial charge < -0.3 is 5.32 Å². The number of aryl methyl sites for hydroxylation is 1. The van der Waals surface area contributed by atoms with E-state index >= 15 is 0 Å². The third-order valence-corrected chi connectivity index (χ3v) is 4.12. The Hall–Kier alpha value is -0.650. The smallest absolute Gasteiger partial charge is 0.0602 e. The SMILES string of the molecule is CCNC(c1cncc(C)c1)c1cc(Cl)ccc1I. The van der Waals surface area contributed by atoms with Crippen molar-refractivity contribution in [1.82, 2.24) is 10.3 Å². The molecule has 0 aliphatic heterocycles. The van der Waals surface area contributed by atoms with Crippen molar-refractivity contribution in [1.29, 1.82) is 0 Å². The first-order valence-electron chi connectivity index (χ1n) is 6.21. The number of nitrogens with zero attached hydrogens (tertiary/aromatic N) is 1. The lowest BCUT2D eigenvalue weighted by atomic mass is 9.99. The summed E-state index contributed by atoms with van der Waals surface area (Å²) in [5, 5.41) is 4.27. The Morgan fingerprint density at radius 3 is 2.79 bits per heavy atom. The van der Waals surface area contributed by atoms with Crippen molar-refractivity contribution in [3.8, 4) is 0 Å². The number of rotatable bonds is 4. The molecule has 0 amide bonds. The summed E-state index contributed by atoms with van der Waals surface area (Å²) < 4.78 is 1.20. The van der Waals surface area contributed by atoms with Gasteiger partial charge in [0.2, 0.25) is 0 Å². The van der Waals surface area contributed by atoms with Gasteiger partial charge in [-0.2, -0.15) is 0 Å². The molecule has 1 aromatic carbocycles. The molecule has 0 fully saturated rings. The van der Waals surface area contributed by atoms with Crippen LogP contribution in [0.5, 0.6) is 0 Å². The highest BCUT2D eigenvalue weighted by Crippen LogP contribution is 2.28. The maximum absolute atomic E-state index is 6.13. The predicted octanol–water partition coefficient (Wildman–Crippen LogP) is 4.35. The summed E-state index contributed by atoms with van der Waals surface area (Å²) in [7, 11) is 0. The van der Waals surface area contributed by atoms with Crippen LogP contribution in [0.1, 0.15) is 29.7 Å². The first-order valence-corrected chi connectivity index (χ1v) is 7.67. The lowest BCUT2D eigenvalue weighted by Gasteiger charge is -2.20. The van der Waals surface area contributed by atoms with Crippen LogP contribution in [0.4, 0.5) is 0 Å². The van der Waals surface area contributed by atoms with Crippen LogP contribution in [-0.2, 0) is 0 Å². The van der Waals surface area contributed by atoms with Crippen molar-refractivity contribution in [2.24, 2.45) is 0 Å². The van der Waals surface area contributed by atoms with E-state index in [2.05, 4.69) is 52.8 Å². The second-order valence-corrected chi connectivity index (χ2v) is 6.05. The van der Waals surface area contributed by atoms with Crippen LogP contribution in [0.2, 0.25) is 5.02 Å². The molecule has 1 atom stereocenters. The van der Waals surface area contributed by atoms with E-state index in [1.165, 1.54) is 14.7 Å². The Morgan fingerprint density at radius 1 is 1.32 bits per heavy atom. The highest BCUT2D eigenvalue weighted by atomic mass is 127. The van der Waals surface area contributed by atoms with Gasteiger partial charge in [-0.15, -0.1) is 0 Å². The van der Waals surface area contributed by atoms with Gasteiger partial charge in [0.15, 0.2) is 0 Å². The van der Waals surface area contributed by atoms with E-state index in [4.69, 9.17) is 11.6 Å². The third-order valence-electron chi connectivity index (χ3n) is 2.91. The molecule has 1 unspecified atom stereocenters. The van der Waals surface area contributed by atoms with Crippen molar-refractivity contribution in [3.63, 3.8) is 0 Å². The van der Waals surface area contributed by atoms with E-state index < -0.39 is 0 Å². The van der Waals surface area contributed by atoms with Crippen LogP contribution in [0.25, 0.3) is 0 Å². The standard InChI is InChI=1S/C15H16ClIN2/c1-3-19-15(11-6-10(2)8-18-9-11)13-7-12(16)4-5-14(13)17/h4-9,15,19H,3H2,1-2H3. The monoisotopic (exact) mass is 386 g/mol. The molecule has 0 radical (unpaired) electrons. The number of benzene rings is 1. The van der Waals surface area contributed by atoms with E-state index in [1.54, 1.807) is 0 Å². The molecule has 4 heteroatoms. The van der Waals surface area contributed by atoms with Crippen LogP contribution >= 0.6 is 34.2 Å². The highest BCUT2D eigenvalue weighted by molar-refractivity contribution is 14.1. The molecule has 1 aromatic heterocycles. The highest BCUT2D eigenvalue weighted by Gasteiger charge is 2.16. The summed E-state index contributed by atoms with van der Waals surface area (Å²) in [6.45, 7) is 5.05. The number of hydrogen-bond donors (Lipinski definition) is 1. The topological polar surface area (TPSA) is 24.9 Å². The number of hydrogen-bond acceptors (Lipinski definition) is 2. The van der Waals surface area contributed by atoms with E-state index in [1.807, 2.05) is 30.6 Å². The second kappa shape index (κ2) is 6.68. The average Bonchev–Trinajstić information content (AvgIpc) is 2.39. The van der Waals surface area contributed by atoms with Crippen molar-refractivity contribution in [3.05, 3.63) is 61.9 Å². The van der Waals surface area contributed by atoms with Gasteiger partial charge >= 0.3 is 0 Å². The molecular weight excluding hydrogens is 371 g/mol. The molecule has 19 heavy (non-hydrogen) atoms. The van der Waals surface area contributed by atoms with Crippen LogP contribution in [0.15, 0.2) is 36.7 Å². The molecule has 0 saturated heterocycles. The van der Waals surface area contributed by atoms with Gasteiger partial charge in [-0.25, -0.2) is 0 Å². The summed E-state index contributed by atoms with van der Waals surface area (Å²) in [6.07, 6.45) is 3.78. The van der Waals surface area contributed by atoms with Crippen LogP contribution in [0, 0.1) is 10.5 Å². The molecular formula is C15H16ClIN2. The molecule has 2 nitrogen and oxygen atoms in total. The summed E-state index contributed by atoms with van der Waals surface area (Å²) in [5.41, 5.74) is 3.53. The Kier molecular flexibility index (Phi) is 5.19. The Labute approximate surface area is 132 Å². The fourth-order valence-electron chi connectivity index (χ4n) is 2.08. The molecule has 100 valence electrons. The van der Waals surface area contributed by atoms with E-state index in [0.717, 1.165) is 17.1 Å². The molecule has 1 heterocycles. The Balaban J connectivity index is 2.48. The van der Waals surface area contributed by atoms with Crippen molar-refractivity contribution < 1.29 is 0 Å². The van der Waals surface area contributed by atoms with Crippen molar-refractivity contribution in [2.75, 3.05) is 6.54 Å². The lowest BCUT2D eigenvalue weighted by Crippen LogP contribution is -2.23. The molecule has 0 aliphatic carbocycles. The minimum Gasteiger partial charge on any atom is -0.306 e. The summed E-state index contributed by atoms with van der Waals surface area (Å²) in [4.78, 5) is 4.29. The van der Waals surface area contributed by atoms with E-state index in [-0.39, 0.29) is 6.04 Å². The van der Waals surface area contributed by atoms with Crippen LogP contribution < -0.4 is 5.32 Å². The maximum atomic E-state index is 6.13. The quantitative estimate of drug-likeness (QED) is 0.790. The molecule has 2 aromatic rings. The van der Waals surface area contributed by atoms with Gasteiger partial charge in [-0.1, -0.05) is 24.6 Å². The minimum absolute atomic E-state index is 0.128. The Morgan fingerprint density at radius 2 is 2.11 bits per heavy atom. The largest absolute Gasteiger partial charge is 0.306 e. The van der Waals surface area contributed by atoms with Crippen LogP contribution in [0.3, 0.4) is 0 Å². The number of nitrogens with one attached hydrogen (secondary N) is 1. The zero-order valence-electron chi connectivity index (χ0n) is 11.0. The van der Waals surface area contributed by atoms with Crippen LogP contribution in [-0.4, -0.2) is 11.5 Å². The van der Waals surface area contributed by atoms with Gasteiger partial charge in [0.1, 0.15) is 0 Å². The maximum Gasteiger partial charge on any atom is 0.0602 e. The summed E-state index contributed by atoms with van der Waals surface area (Å²) in [5.74, 6) is 0. The van der Waals surface area contributed by atoms with Gasteiger partial charge in [-0.3, -0.25) is 4.98 Å². The molecule has 0 saturated carbocycles. The number of aromatic nitrogens is 1. The molecule has 2 rings (SSSR count). The van der Waals surface area contributed by atoms with Gasteiger partial charge in [-0.05, 0) is 70.9 Å². The second-order valence-electron chi connectivity index (χ2n) is 4.45. The van der Waals surface area contributed by atoms with Gasteiger partial charge in [0.25, 0.3) is 0 Å². The average molecular weight is 387 g/mol.